The highest BCUT2D eigenvalue weighted by atomic mass is 31.2. The first-order valence-electron chi connectivity index (χ1n) is 21.8. The summed E-state index contributed by atoms with van der Waals surface area (Å²) in [5.41, 5.74) is 0. The monoisotopic (exact) mass is 797 g/mol. The number of hydrogen-bond donors (Lipinski definition) is 3. The summed E-state index contributed by atoms with van der Waals surface area (Å²) in [6.45, 7) is 3.31. The van der Waals surface area contributed by atoms with E-state index in [-0.39, 0.29) is 19.6 Å². The zero-order valence-corrected chi connectivity index (χ0v) is 35.8. The number of aliphatic hydroxyl groups is 2. The molecule has 10 heteroatoms. The van der Waals surface area contributed by atoms with Gasteiger partial charge in [-0.05, 0) is 70.6 Å². The maximum Gasteiger partial charge on any atom is 0.472 e. The van der Waals surface area contributed by atoms with Gasteiger partial charge in [-0.1, -0.05) is 158 Å². The van der Waals surface area contributed by atoms with Crippen molar-refractivity contribution in [3.05, 3.63) is 60.8 Å². The average Bonchev–Trinajstić information content (AvgIpc) is 3.18. The van der Waals surface area contributed by atoms with Crippen molar-refractivity contribution >= 4 is 13.8 Å². The van der Waals surface area contributed by atoms with E-state index in [1.54, 1.807) is 0 Å². The van der Waals surface area contributed by atoms with Crippen molar-refractivity contribution in [1.82, 2.24) is 0 Å². The van der Waals surface area contributed by atoms with Crippen LogP contribution in [0.3, 0.4) is 0 Å². The molecule has 0 saturated carbocycles. The number of hydrogen-bond acceptors (Lipinski definition) is 8. The van der Waals surface area contributed by atoms with E-state index in [2.05, 4.69) is 74.6 Å². The molecule has 0 aliphatic heterocycles. The molecule has 0 bridgehead atoms. The summed E-state index contributed by atoms with van der Waals surface area (Å²) in [6, 6.07) is 0. The third-order valence-electron chi connectivity index (χ3n) is 8.92. The molecule has 0 spiro atoms. The molecule has 0 aliphatic rings. The first-order valence-corrected chi connectivity index (χ1v) is 23.3. The lowest BCUT2D eigenvalue weighted by molar-refractivity contribution is -0.154. The van der Waals surface area contributed by atoms with Crippen molar-refractivity contribution in [2.24, 2.45) is 0 Å². The maximum absolute atomic E-state index is 12.5. The first-order chi connectivity index (χ1) is 26.8. The molecular formula is C45H81O9P. The molecule has 55 heavy (non-hydrogen) atoms. The van der Waals surface area contributed by atoms with Crippen LogP contribution in [0.1, 0.15) is 174 Å². The van der Waals surface area contributed by atoms with Gasteiger partial charge in [-0.15, -0.1) is 0 Å². The molecule has 9 nitrogen and oxygen atoms in total. The lowest BCUT2D eigenvalue weighted by Gasteiger charge is -2.20. The normalized spacial score (nSPS) is 14.6. The number of aliphatic hydroxyl groups excluding tert-OH is 2. The fraction of sp³-hybridized carbons (Fsp3) is 0.756. The SMILES string of the molecule is CC/C=C\C/C=C\C/C=C\C/C=C\CCCCCCCCCCCCCOCC(COP(=O)(O)OCC(O)CO)OC(=O)CCCCCCC/C=C\CCC. The number of ether oxygens (including phenoxy) is 2. The lowest BCUT2D eigenvalue weighted by atomic mass is 10.1. The van der Waals surface area contributed by atoms with Crippen LogP contribution in [0.2, 0.25) is 0 Å². The predicted molar refractivity (Wildman–Crippen MR) is 228 cm³/mol. The summed E-state index contributed by atoms with van der Waals surface area (Å²) in [6.07, 6.45) is 47.6. The van der Waals surface area contributed by atoms with Crippen molar-refractivity contribution < 1.29 is 43.0 Å². The van der Waals surface area contributed by atoms with Crippen molar-refractivity contribution in [2.45, 2.75) is 187 Å². The quantitative estimate of drug-likeness (QED) is 0.0239. The molecule has 0 rings (SSSR count). The van der Waals surface area contributed by atoms with E-state index in [4.69, 9.17) is 23.6 Å². The Morgan fingerprint density at radius 1 is 0.582 bits per heavy atom. The second-order valence-corrected chi connectivity index (χ2v) is 15.8. The Hall–Kier alpha value is -1.84. The molecule has 0 saturated heterocycles. The number of carbonyl (C=O) groups excluding carboxylic acids is 1. The van der Waals surface area contributed by atoms with E-state index in [0.717, 1.165) is 83.5 Å². The van der Waals surface area contributed by atoms with Crippen molar-refractivity contribution in [2.75, 3.05) is 33.0 Å². The van der Waals surface area contributed by atoms with Gasteiger partial charge in [0, 0.05) is 13.0 Å². The van der Waals surface area contributed by atoms with Crippen LogP contribution in [0.25, 0.3) is 0 Å². The summed E-state index contributed by atoms with van der Waals surface area (Å²) in [5.74, 6) is -0.397. The van der Waals surface area contributed by atoms with Crippen molar-refractivity contribution in [1.29, 1.82) is 0 Å². The summed E-state index contributed by atoms with van der Waals surface area (Å²) in [5, 5.41) is 18.3. The van der Waals surface area contributed by atoms with E-state index in [1.165, 1.54) is 64.2 Å². The topological polar surface area (TPSA) is 132 Å². The predicted octanol–water partition coefficient (Wildman–Crippen LogP) is 12.0. The van der Waals surface area contributed by atoms with Crippen molar-refractivity contribution in [3.8, 4) is 0 Å². The number of esters is 1. The van der Waals surface area contributed by atoms with E-state index in [1.807, 2.05) is 0 Å². The number of phosphoric acid groups is 1. The van der Waals surface area contributed by atoms with E-state index in [9.17, 15) is 19.4 Å². The highest BCUT2D eigenvalue weighted by Crippen LogP contribution is 2.43. The number of carbonyl (C=O) groups is 1. The van der Waals surface area contributed by atoms with Gasteiger partial charge in [0.15, 0.2) is 0 Å². The third kappa shape index (κ3) is 41.6. The van der Waals surface area contributed by atoms with Crippen LogP contribution in [0.5, 0.6) is 0 Å². The molecule has 0 heterocycles. The Bertz CT molecular complexity index is 1040. The van der Waals surface area contributed by atoms with E-state index >= 15 is 0 Å². The van der Waals surface area contributed by atoms with Crippen LogP contribution in [0.15, 0.2) is 60.8 Å². The molecule has 3 unspecified atom stereocenters. The molecule has 3 N–H and O–H groups in total. The van der Waals surface area contributed by atoms with Crippen LogP contribution in [0, 0.1) is 0 Å². The molecule has 0 fully saturated rings. The highest BCUT2D eigenvalue weighted by Gasteiger charge is 2.26. The smallest absolute Gasteiger partial charge is 0.457 e. The van der Waals surface area contributed by atoms with Crippen LogP contribution in [-0.4, -0.2) is 66.3 Å². The summed E-state index contributed by atoms with van der Waals surface area (Å²) < 4.78 is 33.3. The van der Waals surface area contributed by atoms with Gasteiger partial charge in [0.25, 0.3) is 0 Å². The van der Waals surface area contributed by atoms with Gasteiger partial charge in [0.2, 0.25) is 0 Å². The Kier molecular flexibility index (Phi) is 40.4. The minimum Gasteiger partial charge on any atom is -0.457 e. The average molecular weight is 797 g/mol. The molecule has 0 radical (unpaired) electrons. The van der Waals surface area contributed by atoms with Gasteiger partial charge in [-0.25, -0.2) is 4.57 Å². The largest absolute Gasteiger partial charge is 0.472 e. The maximum atomic E-state index is 12.5. The molecule has 0 aromatic carbocycles. The van der Waals surface area contributed by atoms with Gasteiger partial charge in [-0.2, -0.15) is 0 Å². The summed E-state index contributed by atoms with van der Waals surface area (Å²) in [4.78, 5) is 22.5. The number of unbranched alkanes of at least 4 members (excludes halogenated alkanes) is 17. The Morgan fingerprint density at radius 3 is 1.58 bits per heavy atom. The first kappa shape index (κ1) is 53.2. The van der Waals surface area contributed by atoms with E-state index in [0.29, 0.717) is 13.0 Å². The fourth-order valence-corrected chi connectivity index (χ4v) is 6.43. The lowest BCUT2D eigenvalue weighted by Crippen LogP contribution is -2.29. The molecule has 0 aromatic heterocycles. The number of rotatable bonds is 41. The zero-order valence-electron chi connectivity index (χ0n) is 34.9. The zero-order chi connectivity index (χ0) is 40.3. The Morgan fingerprint density at radius 2 is 1.04 bits per heavy atom. The second kappa shape index (κ2) is 41.8. The molecule has 0 amide bonds. The summed E-state index contributed by atoms with van der Waals surface area (Å²) >= 11 is 0. The Balaban J connectivity index is 4.05. The molecule has 0 aliphatic carbocycles. The molecular weight excluding hydrogens is 715 g/mol. The molecule has 0 aromatic rings. The van der Waals surface area contributed by atoms with Gasteiger partial charge in [0.05, 0.1) is 26.4 Å². The van der Waals surface area contributed by atoms with Gasteiger partial charge in [-0.3, -0.25) is 13.8 Å². The number of phosphoric ester groups is 1. The van der Waals surface area contributed by atoms with Crippen molar-refractivity contribution in [3.63, 3.8) is 0 Å². The van der Waals surface area contributed by atoms with Crippen LogP contribution < -0.4 is 0 Å². The van der Waals surface area contributed by atoms with E-state index < -0.39 is 39.2 Å². The summed E-state index contributed by atoms with van der Waals surface area (Å²) in [7, 11) is -4.52. The Labute approximate surface area is 336 Å². The van der Waals surface area contributed by atoms with Gasteiger partial charge < -0.3 is 24.6 Å². The van der Waals surface area contributed by atoms with Crippen LogP contribution in [0.4, 0.5) is 0 Å². The third-order valence-corrected chi connectivity index (χ3v) is 9.87. The van der Waals surface area contributed by atoms with Gasteiger partial charge >= 0.3 is 13.8 Å². The van der Waals surface area contributed by atoms with Gasteiger partial charge in [0.1, 0.15) is 12.2 Å². The number of allylic oxidation sites excluding steroid dienone is 10. The minimum absolute atomic E-state index is 0.0417. The fourth-order valence-electron chi connectivity index (χ4n) is 5.64. The minimum atomic E-state index is -4.52. The molecule has 320 valence electrons. The second-order valence-electron chi connectivity index (χ2n) is 14.3. The molecule has 3 atom stereocenters. The van der Waals surface area contributed by atoms with Crippen LogP contribution >= 0.6 is 7.82 Å². The van der Waals surface area contributed by atoms with Crippen LogP contribution in [-0.2, 0) is 27.9 Å². The highest BCUT2D eigenvalue weighted by molar-refractivity contribution is 7.47. The standard InChI is InChI=1S/C45H81O9P/c1-3-5-7-9-11-13-15-16-17-18-19-20-21-22-23-24-25-26-27-28-30-32-34-36-38-51-41-44(42-53-55(49,50)52-40-43(47)39-46)54-45(48)37-35-33-31-29-14-12-10-8-6-4-2/h5,7-8,10-11,13,16-17,19-20,43-44,46-47H,3-4,6,9,12,14-15,18,21-42H2,1-2H3,(H,49,50)/b7-5-,10-8-,13-11-,17-16-,20-19-.